The van der Waals surface area contributed by atoms with Gasteiger partial charge in [-0.1, -0.05) is 18.0 Å². The van der Waals surface area contributed by atoms with Gasteiger partial charge in [-0.15, -0.1) is 11.8 Å². The van der Waals surface area contributed by atoms with Gasteiger partial charge in [0, 0.05) is 20.9 Å². The van der Waals surface area contributed by atoms with E-state index in [9.17, 15) is 0 Å². The molecule has 0 bridgehead atoms. The van der Waals surface area contributed by atoms with Gasteiger partial charge < -0.3 is 5.32 Å². The van der Waals surface area contributed by atoms with Crippen molar-refractivity contribution in [2.24, 2.45) is 0 Å². The lowest BCUT2D eigenvalue weighted by atomic mass is 10.2. The van der Waals surface area contributed by atoms with Gasteiger partial charge in [0.25, 0.3) is 0 Å². The molecule has 0 aliphatic carbocycles. The Morgan fingerprint density at radius 2 is 1.84 bits per heavy atom. The summed E-state index contributed by atoms with van der Waals surface area (Å²) in [6.07, 6.45) is 5.56. The van der Waals surface area contributed by atoms with E-state index >= 15 is 0 Å². The molecule has 2 aliphatic heterocycles. The quantitative estimate of drug-likeness (QED) is 0.849. The molecular weight excluding hydrogens is 294 g/mol. The van der Waals surface area contributed by atoms with Crippen molar-refractivity contribution < 1.29 is 0 Å². The van der Waals surface area contributed by atoms with Gasteiger partial charge in [0.1, 0.15) is 0 Å². The van der Waals surface area contributed by atoms with E-state index in [4.69, 9.17) is 11.6 Å². The van der Waals surface area contributed by atoms with Crippen LogP contribution >= 0.6 is 35.1 Å². The van der Waals surface area contributed by atoms with Gasteiger partial charge in [-0.3, -0.25) is 0 Å². The maximum atomic E-state index is 5.81. The van der Waals surface area contributed by atoms with Crippen LogP contribution < -0.4 is 5.32 Å². The molecule has 1 nitrogen and oxygen atoms in total. The Hall–Kier alpha value is 0.170. The molecular formula is C15H22ClNS2. The van der Waals surface area contributed by atoms with Crippen LogP contribution in [0.4, 0.5) is 0 Å². The minimum absolute atomic E-state index is 0.811. The molecule has 19 heavy (non-hydrogen) atoms. The van der Waals surface area contributed by atoms with E-state index in [1.165, 1.54) is 55.2 Å². The maximum absolute atomic E-state index is 5.81. The third-order valence-corrected chi connectivity index (χ3v) is 6.12. The zero-order valence-corrected chi connectivity index (χ0v) is 13.6. The Labute approximate surface area is 130 Å². The van der Waals surface area contributed by atoms with Crippen LogP contribution in [0.3, 0.4) is 0 Å². The highest BCUT2D eigenvalue weighted by atomic mass is 35.5. The van der Waals surface area contributed by atoms with Gasteiger partial charge in [0.2, 0.25) is 0 Å². The van der Waals surface area contributed by atoms with E-state index < -0.39 is 0 Å². The van der Waals surface area contributed by atoms with Crippen LogP contribution in [-0.2, 0) is 0 Å². The molecule has 0 aromatic heterocycles. The molecule has 2 saturated heterocycles. The van der Waals surface area contributed by atoms with Crippen molar-refractivity contribution in [3.8, 4) is 0 Å². The largest absolute Gasteiger partial charge is 0.317 e. The highest BCUT2D eigenvalue weighted by molar-refractivity contribution is 8.04. The summed E-state index contributed by atoms with van der Waals surface area (Å²) in [6.45, 7) is 2.50. The molecule has 4 heteroatoms. The van der Waals surface area contributed by atoms with Crippen molar-refractivity contribution in [1.82, 2.24) is 5.32 Å². The minimum Gasteiger partial charge on any atom is -0.317 e. The van der Waals surface area contributed by atoms with Crippen LogP contribution in [0.25, 0.3) is 0 Å². The van der Waals surface area contributed by atoms with E-state index in [0.717, 1.165) is 10.3 Å². The Morgan fingerprint density at radius 3 is 2.32 bits per heavy atom. The third kappa shape index (κ3) is 6.44. The fourth-order valence-corrected chi connectivity index (χ4v) is 4.91. The monoisotopic (exact) mass is 315 g/mol. The fraction of sp³-hybridized carbons (Fsp3) is 0.600. The van der Waals surface area contributed by atoms with E-state index in [-0.39, 0.29) is 0 Å². The van der Waals surface area contributed by atoms with Crippen molar-refractivity contribution in [1.29, 1.82) is 0 Å². The zero-order chi connectivity index (χ0) is 13.3. The first-order valence-electron chi connectivity index (χ1n) is 7.05. The number of thioether (sulfide) groups is 2. The summed E-state index contributed by atoms with van der Waals surface area (Å²) in [4.78, 5) is 1.34. The van der Waals surface area contributed by atoms with Crippen LogP contribution in [0, 0.1) is 0 Å². The summed E-state index contributed by atoms with van der Waals surface area (Å²) in [5.74, 6) is 2.62. The fourth-order valence-electron chi connectivity index (χ4n) is 2.11. The molecule has 2 heterocycles. The molecule has 0 radical (unpaired) electrons. The van der Waals surface area contributed by atoms with Crippen LogP contribution in [-0.4, -0.2) is 29.8 Å². The molecule has 1 aromatic rings. The van der Waals surface area contributed by atoms with Gasteiger partial charge in [-0.2, -0.15) is 11.8 Å². The number of nitrogens with one attached hydrogen (secondary N) is 1. The summed E-state index contributed by atoms with van der Waals surface area (Å²) in [5, 5.41) is 4.92. The molecule has 106 valence electrons. The summed E-state index contributed by atoms with van der Waals surface area (Å²) in [5.41, 5.74) is 0. The number of piperidine rings is 1. The van der Waals surface area contributed by atoms with Crippen molar-refractivity contribution in [2.75, 3.05) is 24.6 Å². The average molecular weight is 316 g/mol. The Bertz CT molecular complexity index is 334. The lowest BCUT2D eigenvalue weighted by Crippen LogP contribution is -2.21. The second kappa shape index (κ2) is 9.17. The molecule has 0 saturated carbocycles. The van der Waals surface area contributed by atoms with E-state index in [1.807, 2.05) is 23.9 Å². The Balaban J connectivity index is 0.000000186. The molecule has 3 rings (SSSR count). The lowest BCUT2D eigenvalue weighted by Gasteiger charge is -2.08. The first-order chi connectivity index (χ1) is 9.34. The number of halogens is 1. The first kappa shape index (κ1) is 15.6. The second-order valence-electron chi connectivity index (χ2n) is 4.87. The summed E-state index contributed by atoms with van der Waals surface area (Å²) in [6, 6.07) is 8.14. The van der Waals surface area contributed by atoms with E-state index in [2.05, 4.69) is 29.2 Å². The number of rotatable bonds is 2. The van der Waals surface area contributed by atoms with Crippen LogP contribution in [0.5, 0.6) is 0 Å². The Kier molecular flexibility index (Phi) is 7.51. The van der Waals surface area contributed by atoms with Crippen molar-refractivity contribution in [3.63, 3.8) is 0 Å². The summed E-state index contributed by atoms with van der Waals surface area (Å²) in [7, 11) is 0. The van der Waals surface area contributed by atoms with Crippen LogP contribution in [0.2, 0.25) is 5.02 Å². The number of hydrogen-bond acceptors (Lipinski definition) is 3. The molecule has 2 fully saturated rings. The second-order valence-corrected chi connectivity index (χ2v) is 7.83. The van der Waals surface area contributed by atoms with Crippen LogP contribution in [0.15, 0.2) is 29.2 Å². The molecule has 1 atom stereocenters. The van der Waals surface area contributed by atoms with E-state index in [0.29, 0.717) is 0 Å². The number of benzene rings is 1. The maximum Gasteiger partial charge on any atom is 0.0406 e. The topological polar surface area (TPSA) is 12.0 Å². The average Bonchev–Trinajstić information content (AvgIpc) is 2.97. The smallest absolute Gasteiger partial charge is 0.0406 e. The van der Waals surface area contributed by atoms with Gasteiger partial charge in [-0.05, 0) is 62.4 Å². The van der Waals surface area contributed by atoms with Crippen molar-refractivity contribution >= 4 is 35.1 Å². The predicted molar refractivity (Wildman–Crippen MR) is 89.8 cm³/mol. The van der Waals surface area contributed by atoms with Crippen LogP contribution in [0.1, 0.15) is 25.7 Å². The van der Waals surface area contributed by atoms with Crippen molar-refractivity contribution in [2.45, 2.75) is 35.8 Å². The van der Waals surface area contributed by atoms with Gasteiger partial charge in [0.15, 0.2) is 0 Å². The Morgan fingerprint density at radius 1 is 1.11 bits per heavy atom. The SMILES string of the molecule is C1CCNCC1.Clc1ccc(S[C@@H]2CCSC2)cc1. The summed E-state index contributed by atoms with van der Waals surface area (Å²) >= 11 is 9.85. The minimum atomic E-state index is 0.811. The molecule has 0 unspecified atom stereocenters. The first-order valence-corrected chi connectivity index (χ1v) is 9.46. The molecule has 0 spiro atoms. The van der Waals surface area contributed by atoms with Gasteiger partial charge >= 0.3 is 0 Å². The van der Waals surface area contributed by atoms with Gasteiger partial charge in [0.05, 0.1) is 0 Å². The highest BCUT2D eigenvalue weighted by Crippen LogP contribution is 2.33. The predicted octanol–water partition coefficient (Wildman–Crippen LogP) is 4.70. The molecule has 1 N–H and O–H groups in total. The van der Waals surface area contributed by atoms with Crippen molar-refractivity contribution in [3.05, 3.63) is 29.3 Å². The lowest BCUT2D eigenvalue weighted by molar-refractivity contribution is 0.520. The molecule has 1 aromatic carbocycles. The zero-order valence-electron chi connectivity index (χ0n) is 11.2. The highest BCUT2D eigenvalue weighted by Gasteiger charge is 2.16. The van der Waals surface area contributed by atoms with E-state index in [1.54, 1.807) is 0 Å². The standard InChI is InChI=1S/C10H11ClS2.C5H11N/c11-8-1-3-9(4-2-8)13-10-5-6-12-7-10;1-2-4-6-5-3-1/h1-4,10H,5-7H2;6H,1-5H2/t10-;/m1./s1. The van der Waals surface area contributed by atoms with Gasteiger partial charge in [-0.25, -0.2) is 0 Å². The summed E-state index contributed by atoms with van der Waals surface area (Å²) < 4.78 is 0. The third-order valence-electron chi connectivity index (χ3n) is 3.21. The molecule has 0 amide bonds. The normalized spacial score (nSPS) is 22.7. The molecule has 2 aliphatic rings. The number of hydrogen-bond donors (Lipinski definition) is 1.